The second kappa shape index (κ2) is 11.1. The highest BCUT2D eigenvalue weighted by atomic mass is 16.5. The van der Waals surface area contributed by atoms with Crippen molar-refractivity contribution < 1.29 is 9.53 Å². The lowest BCUT2D eigenvalue weighted by Crippen LogP contribution is -2.22. The van der Waals surface area contributed by atoms with E-state index >= 15 is 0 Å². The first-order chi connectivity index (χ1) is 15.8. The molecule has 0 aliphatic heterocycles. The van der Waals surface area contributed by atoms with E-state index in [1.807, 2.05) is 89.9 Å². The second-order valence-corrected chi connectivity index (χ2v) is 7.70. The molecule has 0 aliphatic carbocycles. The number of nitrogens with one attached hydrogen (secondary N) is 1. The third kappa shape index (κ3) is 6.40. The van der Waals surface area contributed by atoms with Gasteiger partial charge < -0.3 is 10.1 Å². The largest absolute Gasteiger partial charge is 0.372 e. The summed E-state index contributed by atoms with van der Waals surface area (Å²) in [6.45, 7) is 1.69. The highest BCUT2D eigenvalue weighted by molar-refractivity contribution is 5.76. The van der Waals surface area contributed by atoms with Crippen molar-refractivity contribution in [3.63, 3.8) is 0 Å². The van der Waals surface area contributed by atoms with Gasteiger partial charge in [0.2, 0.25) is 5.91 Å². The first-order valence-electron chi connectivity index (χ1n) is 10.8. The quantitative estimate of drug-likeness (QED) is 0.396. The van der Waals surface area contributed by atoms with Crippen molar-refractivity contribution in [2.24, 2.45) is 0 Å². The number of ether oxygens (including phenoxy) is 1. The van der Waals surface area contributed by atoms with Gasteiger partial charge in [-0.3, -0.25) is 4.79 Å². The molecule has 0 radical (unpaired) electrons. The van der Waals surface area contributed by atoms with Gasteiger partial charge in [0, 0.05) is 19.2 Å². The van der Waals surface area contributed by atoms with Crippen molar-refractivity contribution in [2.75, 3.05) is 0 Å². The standard InChI is InChI=1S/C27H27N3O2/c31-27(16-15-25-18-29-30(19-25)26-9-5-2-6-10-26)28-17-22-11-13-24(14-12-22)21-32-20-23-7-3-1-4-8-23/h1-14,18-19H,15-17,20-21H2,(H,28,31). The van der Waals surface area contributed by atoms with Crippen LogP contribution in [0.2, 0.25) is 0 Å². The maximum atomic E-state index is 12.3. The first kappa shape index (κ1) is 21.5. The summed E-state index contributed by atoms with van der Waals surface area (Å²) in [5.41, 5.74) is 5.41. The van der Waals surface area contributed by atoms with Crippen molar-refractivity contribution >= 4 is 5.91 Å². The SMILES string of the molecule is O=C(CCc1cnn(-c2ccccc2)c1)NCc1ccc(COCc2ccccc2)cc1. The first-order valence-corrected chi connectivity index (χ1v) is 10.8. The number of amides is 1. The van der Waals surface area contributed by atoms with Crippen LogP contribution in [0.4, 0.5) is 0 Å². The van der Waals surface area contributed by atoms with Crippen LogP contribution >= 0.6 is 0 Å². The van der Waals surface area contributed by atoms with Crippen LogP contribution in [0.3, 0.4) is 0 Å². The number of rotatable bonds is 10. The second-order valence-electron chi connectivity index (χ2n) is 7.70. The van der Waals surface area contributed by atoms with Crippen LogP contribution in [0.25, 0.3) is 5.69 Å². The molecule has 0 fully saturated rings. The number of nitrogens with zero attached hydrogens (tertiary/aromatic N) is 2. The molecule has 3 aromatic carbocycles. The summed E-state index contributed by atoms with van der Waals surface area (Å²) in [6.07, 6.45) is 4.89. The van der Waals surface area contributed by atoms with Crippen molar-refractivity contribution in [1.82, 2.24) is 15.1 Å². The third-order valence-corrected chi connectivity index (χ3v) is 5.19. The van der Waals surface area contributed by atoms with E-state index in [0.717, 1.165) is 22.4 Å². The van der Waals surface area contributed by atoms with Crippen molar-refractivity contribution in [3.05, 3.63) is 120 Å². The summed E-state index contributed by atoms with van der Waals surface area (Å²) in [5.74, 6) is 0.0349. The van der Waals surface area contributed by atoms with Gasteiger partial charge >= 0.3 is 0 Å². The minimum Gasteiger partial charge on any atom is -0.372 e. The van der Waals surface area contributed by atoms with Crippen LogP contribution in [0, 0.1) is 0 Å². The van der Waals surface area contributed by atoms with Crippen LogP contribution in [-0.4, -0.2) is 15.7 Å². The number of benzene rings is 3. The number of aryl methyl sites for hydroxylation is 1. The van der Waals surface area contributed by atoms with Gasteiger partial charge in [-0.15, -0.1) is 0 Å². The molecule has 5 nitrogen and oxygen atoms in total. The predicted molar refractivity (Wildman–Crippen MR) is 125 cm³/mol. The van der Waals surface area contributed by atoms with E-state index < -0.39 is 0 Å². The highest BCUT2D eigenvalue weighted by Gasteiger charge is 2.06. The average molecular weight is 426 g/mol. The van der Waals surface area contributed by atoms with E-state index in [0.29, 0.717) is 32.6 Å². The summed E-state index contributed by atoms with van der Waals surface area (Å²) in [4.78, 5) is 12.3. The molecule has 0 aliphatic rings. The Kier molecular flexibility index (Phi) is 7.45. The van der Waals surface area contributed by atoms with Crippen LogP contribution in [0.5, 0.6) is 0 Å². The molecule has 0 bridgehead atoms. The molecule has 162 valence electrons. The Bertz CT molecular complexity index is 1110. The number of para-hydroxylation sites is 1. The molecule has 4 aromatic rings. The topological polar surface area (TPSA) is 56.2 Å². The fraction of sp³-hybridized carbons (Fsp3) is 0.185. The lowest BCUT2D eigenvalue weighted by Gasteiger charge is -2.07. The molecule has 0 spiro atoms. The smallest absolute Gasteiger partial charge is 0.220 e. The third-order valence-electron chi connectivity index (χ3n) is 5.19. The molecular weight excluding hydrogens is 398 g/mol. The Morgan fingerprint density at radius 2 is 1.41 bits per heavy atom. The summed E-state index contributed by atoms with van der Waals surface area (Å²) in [6, 6.07) is 28.2. The number of aromatic nitrogens is 2. The minimum absolute atomic E-state index is 0.0349. The summed E-state index contributed by atoms with van der Waals surface area (Å²) in [5, 5.41) is 7.37. The van der Waals surface area contributed by atoms with Crippen molar-refractivity contribution in [1.29, 1.82) is 0 Å². The molecule has 32 heavy (non-hydrogen) atoms. The maximum absolute atomic E-state index is 12.3. The Hall–Kier alpha value is -3.70. The van der Waals surface area contributed by atoms with Gasteiger partial charge in [-0.2, -0.15) is 5.10 Å². The molecule has 4 rings (SSSR count). The molecule has 1 N–H and O–H groups in total. The van der Waals surface area contributed by atoms with Gasteiger partial charge in [-0.25, -0.2) is 4.68 Å². The van der Waals surface area contributed by atoms with E-state index in [-0.39, 0.29) is 5.91 Å². The Morgan fingerprint density at radius 3 is 2.12 bits per heavy atom. The molecule has 0 saturated heterocycles. The van der Waals surface area contributed by atoms with Gasteiger partial charge in [-0.05, 0) is 40.8 Å². The van der Waals surface area contributed by atoms with E-state index in [1.165, 1.54) is 5.56 Å². The highest BCUT2D eigenvalue weighted by Crippen LogP contribution is 2.10. The van der Waals surface area contributed by atoms with E-state index in [4.69, 9.17) is 4.74 Å². The summed E-state index contributed by atoms with van der Waals surface area (Å²) in [7, 11) is 0. The minimum atomic E-state index is 0.0349. The summed E-state index contributed by atoms with van der Waals surface area (Å²) >= 11 is 0. The van der Waals surface area contributed by atoms with E-state index in [1.54, 1.807) is 0 Å². The van der Waals surface area contributed by atoms with E-state index in [9.17, 15) is 4.79 Å². The van der Waals surface area contributed by atoms with Crippen molar-refractivity contribution in [2.45, 2.75) is 32.6 Å². The Labute approximate surface area is 188 Å². The average Bonchev–Trinajstić information content (AvgIpc) is 3.33. The van der Waals surface area contributed by atoms with Gasteiger partial charge in [-0.1, -0.05) is 72.8 Å². The molecule has 0 saturated carbocycles. The zero-order valence-corrected chi connectivity index (χ0v) is 18.0. The molecule has 0 unspecified atom stereocenters. The molecule has 1 amide bonds. The molecule has 0 atom stereocenters. The summed E-state index contributed by atoms with van der Waals surface area (Å²) < 4.78 is 7.60. The number of hydrogen-bond acceptors (Lipinski definition) is 3. The van der Waals surface area contributed by atoms with Crippen LogP contribution < -0.4 is 5.32 Å². The van der Waals surface area contributed by atoms with Crippen LogP contribution in [-0.2, 0) is 35.7 Å². The number of hydrogen-bond donors (Lipinski definition) is 1. The van der Waals surface area contributed by atoms with E-state index in [2.05, 4.69) is 22.5 Å². The zero-order chi connectivity index (χ0) is 22.0. The predicted octanol–water partition coefficient (Wildman–Crippen LogP) is 4.84. The Morgan fingerprint density at radius 1 is 0.781 bits per heavy atom. The lowest BCUT2D eigenvalue weighted by molar-refractivity contribution is -0.121. The fourth-order valence-electron chi connectivity index (χ4n) is 3.37. The van der Waals surface area contributed by atoms with Gasteiger partial charge in [0.1, 0.15) is 0 Å². The van der Waals surface area contributed by atoms with Crippen molar-refractivity contribution in [3.8, 4) is 5.69 Å². The normalized spacial score (nSPS) is 10.8. The molecule has 1 heterocycles. The molecule has 1 aromatic heterocycles. The number of carbonyl (C=O) groups is 1. The molecule has 5 heteroatoms. The van der Waals surface area contributed by atoms with Crippen LogP contribution in [0.15, 0.2) is 97.3 Å². The molecular formula is C27H27N3O2. The zero-order valence-electron chi connectivity index (χ0n) is 18.0. The maximum Gasteiger partial charge on any atom is 0.220 e. The number of carbonyl (C=O) groups excluding carboxylic acids is 1. The van der Waals surface area contributed by atoms with Gasteiger partial charge in [0.15, 0.2) is 0 Å². The monoisotopic (exact) mass is 425 g/mol. The van der Waals surface area contributed by atoms with Gasteiger partial charge in [0.25, 0.3) is 0 Å². The lowest BCUT2D eigenvalue weighted by atomic mass is 10.1. The fourth-order valence-corrected chi connectivity index (χ4v) is 3.37. The Balaban J connectivity index is 1.17. The van der Waals surface area contributed by atoms with Crippen LogP contribution in [0.1, 0.15) is 28.7 Å². The van der Waals surface area contributed by atoms with Gasteiger partial charge in [0.05, 0.1) is 25.1 Å².